The van der Waals surface area contributed by atoms with Crippen LogP contribution in [0.3, 0.4) is 0 Å². The van der Waals surface area contributed by atoms with E-state index < -0.39 is 34.6 Å². The number of hydrogen-bond acceptors (Lipinski definition) is 4. The summed E-state index contributed by atoms with van der Waals surface area (Å²) in [7, 11) is 0. The van der Waals surface area contributed by atoms with Gasteiger partial charge in [-0.2, -0.15) is 0 Å². The molecule has 22 heavy (non-hydrogen) atoms. The predicted molar refractivity (Wildman–Crippen MR) is 71.1 cm³/mol. The Morgan fingerprint density at radius 2 is 1.41 bits per heavy atom. The highest BCUT2D eigenvalue weighted by molar-refractivity contribution is 5.95. The number of phenolic OH excluding ortho intramolecular Hbond substituents is 2. The van der Waals surface area contributed by atoms with Crippen LogP contribution in [-0.4, -0.2) is 10.2 Å². The summed E-state index contributed by atoms with van der Waals surface area (Å²) >= 11 is 0. The number of fused-ring (bicyclic) bond motifs is 1. The molecule has 3 aromatic rings. The van der Waals surface area contributed by atoms with Crippen molar-refractivity contribution >= 4 is 11.0 Å². The highest BCUT2D eigenvalue weighted by atomic mass is 19.2. The number of halogens is 3. The first-order valence-electron chi connectivity index (χ1n) is 6.01. The van der Waals surface area contributed by atoms with Gasteiger partial charge in [0.05, 0.1) is 0 Å². The number of rotatable bonds is 1. The van der Waals surface area contributed by atoms with Crippen LogP contribution in [0.25, 0.3) is 22.1 Å². The molecule has 0 aliphatic rings. The fourth-order valence-electron chi connectivity index (χ4n) is 2.14. The SMILES string of the molecule is O=c1cc(-c2cc(F)c(F)cc2F)c2cc(O)c(O)cc2o1. The molecule has 7 heteroatoms. The largest absolute Gasteiger partial charge is 0.504 e. The molecule has 3 rings (SSSR count). The van der Waals surface area contributed by atoms with Crippen LogP contribution in [0, 0.1) is 17.5 Å². The minimum atomic E-state index is -1.37. The van der Waals surface area contributed by atoms with E-state index in [1.165, 1.54) is 0 Å². The lowest BCUT2D eigenvalue weighted by atomic mass is 10.0. The summed E-state index contributed by atoms with van der Waals surface area (Å²) in [5, 5.41) is 19.0. The van der Waals surface area contributed by atoms with Crippen LogP contribution in [0.4, 0.5) is 13.2 Å². The summed E-state index contributed by atoms with van der Waals surface area (Å²) in [6.07, 6.45) is 0. The zero-order valence-electron chi connectivity index (χ0n) is 10.7. The van der Waals surface area contributed by atoms with Crippen molar-refractivity contribution in [1.29, 1.82) is 0 Å². The molecule has 0 amide bonds. The second kappa shape index (κ2) is 4.80. The van der Waals surface area contributed by atoms with Crippen LogP contribution in [0.2, 0.25) is 0 Å². The lowest BCUT2D eigenvalue weighted by molar-refractivity contribution is 0.403. The van der Waals surface area contributed by atoms with Crippen LogP contribution >= 0.6 is 0 Å². The van der Waals surface area contributed by atoms with Gasteiger partial charge in [0, 0.05) is 34.7 Å². The van der Waals surface area contributed by atoms with Crippen LogP contribution < -0.4 is 5.63 Å². The highest BCUT2D eigenvalue weighted by Crippen LogP contribution is 2.36. The Bertz CT molecular complexity index is 963. The van der Waals surface area contributed by atoms with Crippen LogP contribution in [-0.2, 0) is 0 Å². The van der Waals surface area contributed by atoms with Crippen molar-refractivity contribution in [2.24, 2.45) is 0 Å². The van der Waals surface area contributed by atoms with Crippen molar-refractivity contribution < 1.29 is 27.8 Å². The van der Waals surface area contributed by atoms with Gasteiger partial charge >= 0.3 is 5.63 Å². The van der Waals surface area contributed by atoms with Crippen molar-refractivity contribution in [3.8, 4) is 22.6 Å². The van der Waals surface area contributed by atoms with Gasteiger partial charge < -0.3 is 14.6 Å². The average molecular weight is 308 g/mol. The predicted octanol–water partition coefficient (Wildman–Crippen LogP) is 3.29. The second-order valence-corrected chi connectivity index (χ2v) is 4.56. The molecule has 0 bridgehead atoms. The molecule has 2 aromatic carbocycles. The van der Waals surface area contributed by atoms with Crippen molar-refractivity contribution in [2.75, 3.05) is 0 Å². The molecule has 0 spiro atoms. The summed E-state index contributed by atoms with van der Waals surface area (Å²) in [5.41, 5.74) is -1.49. The van der Waals surface area contributed by atoms with E-state index in [-0.39, 0.29) is 22.1 Å². The minimum Gasteiger partial charge on any atom is -0.504 e. The van der Waals surface area contributed by atoms with E-state index in [2.05, 4.69) is 0 Å². The van der Waals surface area contributed by atoms with E-state index in [1.807, 2.05) is 0 Å². The van der Waals surface area contributed by atoms with Gasteiger partial charge in [-0.25, -0.2) is 18.0 Å². The first kappa shape index (κ1) is 14.0. The van der Waals surface area contributed by atoms with Crippen molar-refractivity contribution in [3.63, 3.8) is 0 Å². The van der Waals surface area contributed by atoms with Crippen LogP contribution in [0.5, 0.6) is 11.5 Å². The number of aromatic hydroxyl groups is 2. The van der Waals surface area contributed by atoms with E-state index in [9.17, 15) is 28.2 Å². The Hall–Kier alpha value is -2.96. The smallest absolute Gasteiger partial charge is 0.336 e. The van der Waals surface area contributed by atoms with Gasteiger partial charge in [-0.1, -0.05) is 0 Å². The van der Waals surface area contributed by atoms with Gasteiger partial charge in [0.25, 0.3) is 0 Å². The molecule has 0 aliphatic carbocycles. The fourth-order valence-corrected chi connectivity index (χ4v) is 2.14. The molecule has 112 valence electrons. The maximum atomic E-state index is 13.9. The molecular weight excluding hydrogens is 301 g/mol. The summed E-state index contributed by atoms with van der Waals surface area (Å²) in [6.45, 7) is 0. The van der Waals surface area contributed by atoms with Gasteiger partial charge in [0.2, 0.25) is 0 Å². The Morgan fingerprint density at radius 1 is 0.773 bits per heavy atom. The van der Waals surface area contributed by atoms with Crippen molar-refractivity contribution in [2.45, 2.75) is 0 Å². The third-order valence-electron chi connectivity index (χ3n) is 3.14. The zero-order chi connectivity index (χ0) is 16.0. The quantitative estimate of drug-likeness (QED) is 0.411. The van der Waals surface area contributed by atoms with Crippen molar-refractivity contribution in [3.05, 3.63) is 58.2 Å². The maximum absolute atomic E-state index is 13.9. The van der Waals surface area contributed by atoms with E-state index >= 15 is 0 Å². The van der Waals surface area contributed by atoms with Gasteiger partial charge in [0.1, 0.15) is 11.4 Å². The molecule has 0 unspecified atom stereocenters. The van der Waals surface area contributed by atoms with Crippen LogP contribution in [0.15, 0.2) is 39.5 Å². The molecule has 1 aromatic heterocycles. The minimum absolute atomic E-state index is 0.0554. The van der Waals surface area contributed by atoms with E-state index in [4.69, 9.17) is 4.42 Å². The van der Waals surface area contributed by atoms with Gasteiger partial charge in [0.15, 0.2) is 23.1 Å². The van der Waals surface area contributed by atoms with Gasteiger partial charge in [-0.3, -0.25) is 0 Å². The average Bonchev–Trinajstić information content (AvgIpc) is 2.44. The standard InChI is InChI=1S/C15H7F3O4/c16-9-4-11(18)10(17)1-7(9)6-3-15(21)22-14-5-13(20)12(19)2-8(6)14/h1-5,19-20H. The number of hydrogen-bond donors (Lipinski definition) is 2. The van der Waals surface area contributed by atoms with Crippen LogP contribution in [0.1, 0.15) is 0 Å². The summed E-state index contributed by atoms with van der Waals surface area (Å²) in [5.74, 6) is -4.82. The normalized spacial score (nSPS) is 11.0. The fraction of sp³-hybridized carbons (Fsp3) is 0. The van der Waals surface area contributed by atoms with Crippen molar-refractivity contribution in [1.82, 2.24) is 0 Å². The molecule has 1 heterocycles. The molecule has 2 N–H and O–H groups in total. The molecule has 0 aliphatic heterocycles. The first-order valence-corrected chi connectivity index (χ1v) is 6.01. The molecule has 0 radical (unpaired) electrons. The van der Waals surface area contributed by atoms with Gasteiger partial charge in [-0.05, 0) is 12.1 Å². The topological polar surface area (TPSA) is 70.7 Å². The third kappa shape index (κ3) is 2.16. The lowest BCUT2D eigenvalue weighted by Gasteiger charge is -2.08. The number of benzene rings is 2. The Kier molecular flexibility index (Phi) is 3.05. The molecule has 0 saturated heterocycles. The molecule has 4 nitrogen and oxygen atoms in total. The Labute approximate surface area is 120 Å². The monoisotopic (exact) mass is 308 g/mol. The van der Waals surface area contributed by atoms with E-state index in [0.29, 0.717) is 12.1 Å². The van der Waals surface area contributed by atoms with Gasteiger partial charge in [-0.15, -0.1) is 0 Å². The molecule has 0 saturated carbocycles. The molecule has 0 fully saturated rings. The highest BCUT2D eigenvalue weighted by Gasteiger charge is 2.17. The Morgan fingerprint density at radius 3 is 2.14 bits per heavy atom. The Balaban J connectivity index is 2.43. The lowest BCUT2D eigenvalue weighted by Crippen LogP contribution is -2.00. The zero-order valence-corrected chi connectivity index (χ0v) is 10.7. The first-order chi connectivity index (χ1) is 10.4. The second-order valence-electron chi connectivity index (χ2n) is 4.56. The maximum Gasteiger partial charge on any atom is 0.336 e. The summed E-state index contributed by atoms with van der Waals surface area (Å²) in [6, 6.07) is 3.83. The third-order valence-corrected chi connectivity index (χ3v) is 3.14. The summed E-state index contributed by atoms with van der Waals surface area (Å²) in [4.78, 5) is 11.5. The number of phenols is 2. The molecular formula is C15H7F3O4. The van der Waals surface area contributed by atoms with E-state index in [1.54, 1.807) is 0 Å². The molecule has 0 atom stereocenters. The summed E-state index contributed by atoms with van der Waals surface area (Å²) < 4.78 is 45.1. The van der Waals surface area contributed by atoms with E-state index in [0.717, 1.165) is 18.2 Å².